The summed E-state index contributed by atoms with van der Waals surface area (Å²) in [5.74, 6) is -1.24. The Morgan fingerprint density at radius 2 is 1.85 bits per heavy atom. The highest BCUT2D eigenvalue weighted by atomic mass is 32.2. The molecule has 0 radical (unpaired) electrons. The van der Waals surface area contributed by atoms with E-state index in [1.54, 1.807) is 0 Å². The minimum atomic E-state index is -1.10. The molecule has 10 nitrogen and oxygen atoms in total. The Morgan fingerprint density at radius 3 is 2.37 bits per heavy atom. The molecule has 2 rings (SSSR count). The summed E-state index contributed by atoms with van der Waals surface area (Å²) < 4.78 is 14.7. The van der Waals surface area contributed by atoms with Crippen molar-refractivity contribution in [2.75, 3.05) is 21.3 Å². The number of methoxy groups -OCH3 is 3. The third-order valence-electron chi connectivity index (χ3n) is 3.77. The maximum absolute atomic E-state index is 12.5. The summed E-state index contributed by atoms with van der Waals surface area (Å²) in [4.78, 5) is 47.6. The number of hydrogen-bond acceptors (Lipinski definition) is 9. The second-order valence-corrected chi connectivity index (χ2v) is 6.27. The van der Waals surface area contributed by atoms with Gasteiger partial charge in [-0.05, 0) is 24.8 Å². The maximum Gasteiger partial charge on any atom is 0.328 e. The summed E-state index contributed by atoms with van der Waals surface area (Å²) in [7, 11) is 3.78. The highest BCUT2D eigenvalue weighted by Crippen LogP contribution is 2.39. The molecule has 1 aromatic carbocycles. The van der Waals surface area contributed by atoms with Gasteiger partial charge in [-0.15, -0.1) is 0 Å². The lowest BCUT2D eigenvalue weighted by Gasteiger charge is -2.18. The van der Waals surface area contributed by atoms with E-state index in [1.807, 2.05) is 0 Å². The molecule has 1 heterocycles. The fourth-order valence-electron chi connectivity index (χ4n) is 2.39. The molecule has 11 heteroatoms. The van der Waals surface area contributed by atoms with Crippen molar-refractivity contribution in [1.82, 2.24) is 4.90 Å². The van der Waals surface area contributed by atoms with Gasteiger partial charge in [-0.2, -0.15) is 0 Å². The number of thioether (sulfide) groups is 1. The lowest BCUT2D eigenvalue weighted by atomic mass is 10.1. The Balaban J connectivity index is 2.48. The highest BCUT2D eigenvalue weighted by Gasteiger charge is 2.41. The van der Waals surface area contributed by atoms with Crippen LogP contribution in [-0.4, -0.2) is 54.3 Å². The predicted molar refractivity (Wildman–Crippen MR) is 95.5 cm³/mol. The Labute approximate surface area is 158 Å². The van der Waals surface area contributed by atoms with E-state index in [-0.39, 0.29) is 27.7 Å². The molecule has 0 unspecified atom stereocenters. The van der Waals surface area contributed by atoms with Crippen molar-refractivity contribution in [3.05, 3.63) is 32.7 Å². The van der Waals surface area contributed by atoms with Crippen LogP contribution in [0.15, 0.2) is 17.0 Å². The van der Waals surface area contributed by atoms with Gasteiger partial charge in [-0.3, -0.25) is 24.6 Å². The molecule has 1 saturated heterocycles. The van der Waals surface area contributed by atoms with E-state index in [0.717, 1.165) is 12.0 Å². The zero-order valence-electron chi connectivity index (χ0n) is 14.9. The van der Waals surface area contributed by atoms with Crippen LogP contribution in [0, 0.1) is 10.1 Å². The maximum atomic E-state index is 12.5. The van der Waals surface area contributed by atoms with Crippen molar-refractivity contribution in [2.45, 2.75) is 13.0 Å². The number of ether oxygens (including phenoxy) is 3. The average Bonchev–Trinajstić information content (AvgIpc) is 2.93. The fraction of sp³-hybridized carbons (Fsp3) is 0.312. The highest BCUT2D eigenvalue weighted by molar-refractivity contribution is 8.18. The molecule has 0 bridgehead atoms. The molecule has 144 valence electrons. The number of imide groups is 1. The van der Waals surface area contributed by atoms with E-state index in [4.69, 9.17) is 9.47 Å². The Morgan fingerprint density at radius 1 is 1.22 bits per heavy atom. The van der Waals surface area contributed by atoms with Crippen molar-refractivity contribution in [3.63, 3.8) is 0 Å². The molecule has 2 amide bonds. The van der Waals surface area contributed by atoms with Crippen LogP contribution in [0.3, 0.4) is 0 Å². The molecule has 1 aliphatic rings. The topological polar surface area (TPSA) is 125 Å². The standard InChI is InChI=1S/C16H16N2O8S/c1-8(15(20)26-4)17-14(19)13(27-16(17)21)6-9-5-10(18(22)23)12(25-3)7-11(9)24-2/h5-8H,1-4H3/b13-6+/t8-/m1/s1. The van der Waals surface area contributed by atoms with Gasteiger partial charge in [-0.25, -0.2) is 4.79 Å². The first-order chi connectivity index (χ1) is 12.7. The number of carbonyl (C=O) groups excluding carboxylic acids is 3. The van der Waals surface area contributed by atoms with Crippen LogP contribution in [0.5, 0.6) is 11.5 Å². The van der Waals surface area contributed by atoms with Crippen molar-refractivity contribution >= 4 is 40.6 Å². The van der Waals surface area contributed by atoms with E-state index < -0.39 is 28.1 Å². The van der Waals surface area contributed by atoms with Crippen molar-refractivity contribution < 1.29 is 33.5 Å². The summed E-state index contributed by atoms with van der Waals surface area (Å²) in [5.41, 5.74) is -0.118. The summed E-state index contributed by atoms with van der Waals surface area (Å²) in [6.45, 7) is 1.37. The molecule has 0 aromatic heterocycles. The molecule has 1 aliphatic heterocycles. The van der Waals surface area contributed by atoms with Gasteiger partial charge in [0, 0.05) is 17.7 Å². The lowest BCUT2D eigenvalue weighted by Crippen LogP contribution is -2.42. The van der Waals surface area contributed by atoms with Gasteiger partial charge in [0.15, 0.2) is 0 Å². The number of hydrogen-bond donors (Lipinski definition) is 0. The first-order valence-electron chi connectivity index (χ1n) is 7.50. The van der Waals surface area contributed by atoms with Gasteiger partial charge >= 0.3 is 11.7 Å². The molecule has 1 aromatic rings. The predicted octanol–water partition coefficient (Wildman–Crippen LogP) is 2.21. The van der Waals surface area contributed by atoms with Crippen molar-refractivity contribution in [2.24, 2.45) is 0 Å². The Bertz CT molecular complexity index is 851. The molecule has 0 saturated carbocycles. The number of nitro benzene ring substituents is 1. The Hall–Kier alpha value is -3.08. The van der Waals surface area contributed by atoms with Crippen LogP contribution in [0.25, 0.3) is 6.08 Å². The second kappa shape index (κ2) is 8.08. The molecule has 1 atom stereocenters. The summed E-state index contributed by atoms with van der Waals surface area (Å²) in [5, 5.41) is 10.6. The minimum absolute atomic E-state index is 0.00600. The van der Waals surface area contributed by atoms with Gasteiger partial charge in [0.25, 0.3) is 11.1 Å². The summed E-state index contributed by atoms with van der Waals surface area (Å²) in [6, 6.07) is 1.39. The monoisotopic (exact) mass is 396 g/mol. The van der Waals surface area contributed by atoms with Crippen LogP contribution < -0.4 is 9.47 Å². The van der Waals surface area contributed by atoms with E-state index >= 15 is 0 Å². The van der Waals surface area contributed by atoms with Gasteiger partial charge in [0.05, 0.1) is 31.2 Å². The summed E-state index contributed by atoms with van der Waals surface area (Å²) >= 11 is 0.610. The number of benzene rings is 1. The Kier molecular flexibility index (Phi) is 6.05. The number of nitro groups is 1. The largest absolute Gasteiger partial charge is 0.496 e. The van der Waals surface area contributed by atoms with Crippen LogP contribution in [0.1, 0.15) is 12.5 Å². The third kappa shape index (κ3) is 3.87. The number of rotatable bonds is 6. The molecule has 0 spiro atoms. The first kappa shape index (κ1) is 20.2. The zero-order chi connectivity index (χ0) is 20.3. The molecule has 0 N–H and O–H groups in total. The van der Waals surface area contributed by atoms with Crippen LogP contribution >= 0.6 is 11.8 Å². The fourth-order valence-corrected chi connectivity index (χ4v) is 3.29. The van der Waals surface area contributed by atoms with Crippen molar-refractivity contribution in [3.8, 4) is 11.5 Å². The number of esters is 1. The van der Waals surface area contributed by atoms with E-state index in [0.29, 0.717) is 11.8 Å². The SMILES string of the molecule is COC(=O)[C@@H](C)N1C(=O)S/C(=C/c2cc([N+](=O)[O-])c(OC)cc2OC)C1=O. The third-order valence-corrected chi connectivity index (χ3v) is 4.65. The van der Waals surface area contributed by atoms with Gasteiger partial charge < -0.3 is 14.2 Å². The zero-order valence-corrected chi connectivity index (χ0v) is 15.7. The number of nitrogens with zero attached hydrogens (tertiary/aromatic N) is 2. The van der Waals surface area contributed by atoms with Crippen molar-refractivity contribution in [1.29, 1.82) is 0 Å². The van der Waals surface area contributed by atoms with Gasteiger partial charge in [0.1, 0.15) is 11.8 Å². The number of amides is 2. The lowest BCUT2D eigenvalue weighted by molar-refractivity contribution is -0.385. The summed E-state index contributed by atoms with van der Waals surface area (Å²) in [6.07, 6.45) is 1.29. The average molecular weight is 396 g/mol. The van der Waals surface area contributed by atoms with Crippen LogP contribution in [-0.2, 0) is 14.3 Å². The minimum Gasteiger partial charge on any atom is -0.496 e. The molecule has 0 aliphatic carbocycles. The first-order valence-corrected chi connectivity index (χ1v) is 8.32. The van der Waals surface area contributed by atoms with E-state index in [2.05, 4.69) is 4.74 Å². The van der Waals surface area contributed by atoms with Crippen LogP contribution in [0.2, 0.25) is 0 Å². The van der Waals surface area contributed by atoms with Crippen LogP contribution in [0.4, 0.5) is 10.5 Å². The van der Waals surface area contributed by atoms with E-state index in [1.165, 1.54) is 39.4 Å². The molecular formula is C16H16N2O8S. The molecule has 1 fully saturated rings. The van der Waals surface area contributed by atoms with Gasteiger partial charge in [0.2, 0.25) is 5.75 Å². The van der Waals surface area contributed by atoms with E-state index in [9.17, 15) is 24.5 Å². The normalized spacial score (nSPS) is 16.4. The molecular weight excluding hydrogens is 380 g/mol. The quantitative estimate of drug-likeness (QED) is 0.308. The number of carbonyl (C=O) groups is 3. The second-order valence-electron chi connectivity index (χ2n) is 5.27. The van der Waals surface area contributed by atoms with Gasteiger partial charge in [-0.1, -0.05) is 0 Å². The molecule has 27 heavy (non-hydrogen) atoms. The smallest absolute Gasteiger partial charge is 0.328 e.